The Morgan fingerprint density at radius 2 is 1.83 bits per heavy atom. The van der Waals surface area contributed by atoms with E-state index >= 15 is 0 Å². The summed E-state index contributed by atoms with van der Waals surface area (Å²) in [6.07, 6.45) is 3.58. The van der Waals surface area contributed by atoms with Crippen LogP contribution in [0.2, 0.25) is 0 Å². The standard InChI is InChI=1S/C20H21N2S/c1-16-8-10-18(11-9-16)19-15-21-12-5-13-23-20(21)22(19)14-17-6-3-2-4-7-17/h2-4,6-11,15H,5,12-14H2,1H3/q+1. The third-order valence-electron chi connectivity index (χ3n) is 4.35. The first kappa shape index (κ1) is 14.6. The summed E-state index contributed by atoms with van der Waals surface area (Å²) < 4.78 is 4.90. The van der Waals surface area contributed by atoms with Crippen LogP contribution in [0, 0.1) is 6.92 Å². The zero-order chi connectivity index (χ0) is 15.6. The summed E-state index contributed by atoms with van der Waals surface area (Å²) in [5, 5.41) is 1.38. The molecule has 0 aliphatic carbocycles. The molecule has 0 spiro atoms. The van der Waals surface area contributed by atoms with Crippen LogP contribution in [0.25, 0.3) is 11.3 Å². The van der Waals surface area contributed by atoms with Gasteiger partial charge in [-0.3, -0.25) is 0 Å². The molecule has 0 amide bonds. The van der Waals surface area contributed by atoms with E-state index in [0.717, 1.165) is 13.1 Å². The van der Waals surface area contributed by atoms with Gasteiger partial charge in [0.15, 0.2) is 5.69 Å². The number of aryl methyl sites for hydroxylation is 2. The number of rotatable bonds is 3. The zero-order valence-corrected chi connectivity index (χ0v) is 14.2. The highest BCUT2D eigenvalue weighted by Gasteiger charge is 2.27. The third-order valence-corrected chi connectivity index (χ3v) is 5.56. The Kier molecular flexibility index (Phi) is 3.96. The van der Waals surface area contributed by atoms with Crippen molar-refractivity contribution in [2.24, 2.45) is 0 Å². The average Bonchev–Trinajstić information content (AvgIpc) is 2.95. The topological polar surface area (TPSA) is 8.81 Å². The van der Waals surface area contributed by atoms with Gasteiger partial charge >= 0.3 is 5.16 Å². The molecule has 2 heterocycles. The minimum Gasteiger partial charge on any atom is -0.224 e. The first-order valence-electron chi connectivity index (χ1n) is 8.18. The second-order valence-electron chi connectivity index (χ2n) is 6.13. The van der Waals surface area contributed by atoms with Crippen molar-refractivity contribution in [3.8, 4) is 11.3 Å². The molecule has 1 aliphatic rings. The Hall–Kier alpha value is -2.00. The van der Waals surface area contributed by atoms with Gasteiger partial charge in [-0.2, -0.15) is 0 Å². The number of imidazole rings is 1. The van der Waals surface area contributed by atoms with Crippen LogP contribution in [0.1, 0.15) is 17.5 Å². The van der Waals surface area contributed by atoms with E-state index in [1.54, 1.807) is 0 Å². The third kappa shape index (κ3) is 2.93. The molecule has 1 aromatic heterocycles. The highest BCUT2D eigenvalue weighted by molar-refractivity contribution is 7.99. The van der Waals surface area contributed by atoms with Crippen LogP contribution in [0.4, 0.5) is 0 Å². The smallest absolute Gasteiger partial charge is 0.224 e. The molecule has 23 heavy (non-hydrogen) atoms. The lowest BCUT2D eigenvalue weighted by Gasteiger charge is -2.10. The molecular formula is C20H21N2S+. The molecule has 0 radical (unpaired) electrons. The van der Waals surface area contributed by atoms with Crippen molar-refractivity contribution in [3.63, 3.8) is 0 Å². The zero-order valence-electron chi connectivity index (χ0n) is 13.4. The fourth-order valence-electron chi connectivity index (χ4n) is 3.12. The lowest BCUT2D eigenvalue weighted by Crippen LogP contribution is -2.37. The maximum Gasteiger partial charge on any atom is 0.318 e. The number of nitrogens with zero attached hydrogens (tertiary/aromatic N) is 2. The minimum absolute atomic E-state index is 0.930. The molecule has 2 aromatic carbocycles. The van der Waals surface area contributed by atoms with Gasteiger partial charge in [0, 0.05) is 11.3 Å². The molecule has 0 saturated carbocycles. The van der Waals surface area contributed by atoms with Crippen molar-refractivity contribution in [2.75, 3.05) is 5.75 Å². The predicted molar refractivity (Wildman–Crippen MR) is 95.7 cm³/mol. The van der Waals surface area contributed by atoms with Gasteiger partial charge in [0.05, 0.1) is 6.54 Å². The molecule has 0 fully saturated rings. The van der Waals surface area contributed by atoms with E-state index in [9.17, 15) is 0 Å². The molecule has 0 atom stereocenters. The van der Waals surface area contributed by atoms with Gasteiger partial charge in [-0.15, -0.1) is 0 Å². The Morgan fingerprint density at radius 1 is 1.04 bits per heavy atom. The maximum atomic E-state index is 2.48. The highest BCUT2D eigenvalue weighted by Crippen LogP contribution is 2.28. The van der Waals surface area contributed by atoms with Crippen molar-refractivity contribution < 1.29 is 4.57 Å². The van der Waals surface area contributed by atoms with Crippen molar-refractivity contribution in [2.45, 2.75) is 31.6 Å². The van der Waals surface area contributed by atoms with E-state index < -0.39 is 0 Å². The number of hydrogen-bond acceptors (Lipinski definition) is 1. The second-order valence-corrected chi connectivity index (χ2v) is 7.19. The molecule has 4 rings (SSSR count). The van der Waals surface area contributed by atoms with Crippen LogP contribution in [0.15, 0.2) is 66.0 Å². The molecular weight excluding hydrogens is 300 g/mol. The van der Waals surface area contributed by atoms with Crippen LogP contribution in [0.5, 0.6) is 0 Å². The lowest BCUT2D eigenvalue weighted by atomic mass is 10.1. The monoisotopic (exact) mass is 321 g/mol. The van der Waals surface area contributed by atoms with Crippen molar-refractivity contribution in [1.29, 1.82) is 0 Å². The predicted octanol–water partition coefficient (Wildman–Crippen LogP) is 4.30. The molecule has 0 N–H and O–H groups in total. The largest absolute Gasteiger partial charge is 0.318 e. The molecule has 0 unspecified atom stereocenters. The Labute approximate surface area is 141 Å². The van der Waals surface area contributed by atoms with E-state index in [-0.39, 0.29) is 0 Å². The van der Waals surface area contributed by atoms with Crippen LogP contribution in [-0.4, -0.2) is 10.3 Å². The van der Waals surface area contributed by atoms with E-state index in [2.05, 4.69) is 76.9 Å². The van der Waals surface area contributed by atoms with Crippen molar-refractivity contribution >= 4 is 11.8 Å². The summed E-state index contributed by atoms with van der Waals surface area (Å²) >= 11 is 1.98. The van der Waals surface area contributed by atoms with Crippen LogP contribution in [0.3, 0.4) is 0 Å². The molecule has 1 aliphatic heterocycles. The number of benzene rings is 2. The van der Waals surface area contributed by atoms with Gasteiger partial charge in [0.1, 0.15) is 12.7 Å². The molecule has 0 saturated heterocycles. The van der Waals surface area contributed by atoms with Crippen molar-refractivity contribution in [1.82, 2.24) is 4.57 Å². The number of thioether (sulfide) groups is 1. The molecule has 0 bridgehead atoms. The fraction of sp³-hybridized carbons (Fsp3) is 0.250. The summed E-state index contributed by atoms with van der Waals surface area (Å²) in [6, 6.07) is 19.6. The summed E-state index contributed by atoms with van der Waals surface area (Å²) in [7, 11) is 0. The average molecular weight is 321 g/mol. The highest BCUT2D eigenvalue weighted by atomic mass is 32.2. The Bertz CT molecular complexity index is 804. The van der Waals surface area contributed by atoms with Gasteiger partial charge in [0.2, 0.25) is 0 Å². The Balaban J connectivity index is 1.81. The van der Waals surface area contributed by atoms with E-state index in [0.29, 0.717) is 0 Å². The van der Waals surface area contributed by atoms with Gasteiger partial charge in [0.25, 0.3) is 0 Å². The summed E-state index contributed by atoms with van der Waals surface area (Å²) in [4.78, 5) is 0. The molecule has 2 nitrogen and oxygen atoms in total. The minimum atomic E-state index is 0.930. The van der Waals surface area contributed by atoms with Crippen LogP contribution >= 0.6 is 11.8 Å². The van der Waals surface area contributed by atoms with E-state index in [1.807, 2.05) is 11.8 Å². The lowest BCUT2D eigenvalue weighted by molar-refractivity contribution is -0.734. The quantitative estimate of drug-likeness (QED) is 0.654. The second kappa shape index (κ2) is 6.25. The number of hydrogen-bond donors (Lipinski definition) is 0. The molecule has 3 aromatic rings. The molecule has 116 valence electrons. The first-order valence-corrected chi connectivity index (χ1v) is 9.16. The van der Waals surface area contributed by atoms with E-state index in [4.69, 9.17) is 0 Å². The number of aromatic nitrogens is 2. The maximum absolute atomic E-state index is 2.48. The van der Waals surface area contributed by atoms with Crippen molar-refractivity contribution in [3.05, 3.63) is 71.9 Å². The Morgan fingerprint density at radius 3 is 2.61 bits per heavy atom. The summed E-state index contributed by atoms with van der Waals surface area (Å²) in [5.74, 6) is 1.21. The van der Waals surface area contributed by atoms with Gasteiger partial charge in [-0.25, -0.2) is 9.13 Å². The first-order chi connectivity index (χ1) is 11.3. The molecule has 3 heteroatoms. The van der Waals surface area contributed by atoms with Crippen LogP contribution in [-0.2, 0) is 13.1 Å². The van der Waals surface area contributed by atoms with Crippen LogP contribution < -0.4 is 4.57 Å². The summed E-state index contributed by atoms with van der Waals surface area (Å²) in [6.45, 7) is 4.20. The fourth-order valence-corrected chi connectivity index (χ4v) is 4.21. The van der Waals surface area contributed by atoms with Gasteiger partial charge < -0.3 is 0 Å². The normalized spacial score (nSPS) is 13.8. The van der Waals surface area contributed by atoms with Gasteiger partial charge in [-0.05, 0) is 30.7 Å². The SMILES string of the molecule is Cc1ccc(-c2c[n+]3c(n2Cc2ccccc2)SCCC3)cc1. The van der Waals surface area contributed by atoms with E-state index in [1.165, 1.54) is 39.7 Å². The van der Waals surface area contributed by atoms with Gasteiger partial charge in [-0.1, -0.05) is 60.2 Å². The number of fused-ring (bicyclic) bond motifs is 1. The summed E-state index contributed by atoms with van der Waals surface area (Å²) in [5.41, 5.74) is 5.28.